The fourth-order valence-corrected chi connectivity index (χ4v) is 5.24. The lowest BCUT2D eigenvalue weighted by Gasteiger charge is -2.27. The lowest BCUT2D eigenvalue weighted by atomic mass is 10.1. The van der Waals surface area contributed by atoms with E-state index in [9.17, 15) is 4.79 Å². The fourth-order valence-electron chi connectivity index (χ4n) is 2.46. The smallest absolute Gasteiger partial charge is 0.256 e. The van der Waals surface area contributed by atoms with Gasteiger partial charge in [-0.1, -0.05) is 6.92 Å². The summed E-state index contributed by atoms with van der Waals surface area (Å²) < 4.78 is 1.91. The Kier molecular flexibility index (Phi) is 4.31. The van der Waals surface area contributed by atoms with Crippen molar-refractivity contribution in [3.8, 4) is 0 Å². The zero-order valence-corrected chi connectivity index (χ0v) is 13.9. The van der Waals surface area contributed by atoms with Crippen molar-refractivity contribution in [1.82, 2.24) is 4.90 Å². The van der Waals surface area contributed by atoms with Gasteiger partial charge in [-0.3, -0.25) is 4.79 Å². The van der Waals surface area contributed by atoms with Crippen molar-refractivity contribution < 1.29 is 4.79 Å². The largest absolute Gasteiger partial charge is 0.333 e. The number of halogens is 2. The van der Waals surface area contributed by atoms with Gasteiger partial charge in [0.15, 0.2) is 0 Å². The topological polar surface area (TPSA) is 20.3 Å². The van der Waals surface area contributed by atoms with Crippen molar-refractivity contribution in [3.05, 3.63) is 19.2 Å². The van der Waals surface area contributed by atoms with Crippen molar-refractivity contribution >= 4 is 49.1 Å². The van der Waals surface area contributed by atoms with E-state index < -0.39 is 0 Å². The summed E-state index contributed by atoms with van der Waals surface area (Å²) in [6, 6.07) is 2.68. The highest BCUT2D eigenvalue weighted by atomic mass is 79.9. The number of rotatable bonds is 2. The number of nitrogens with zero attached hydrogens (tertiary/aromatic N) is 1. The van der Waals surface area contributed by atoms with Gasteiger partial charge in [0, 0.05) is 12.1 Å². The molecule has 17 heavy (non-hydrogen) atoms. The standard InChI is InChI=1S/C12H15Br2NOS/c1-3-8-5-4-7(2)15(8)12(16)9-6-10(13)17-11(9)14/h6-8H,3-5H2,1-2H3. The first-order valence-electron chi connectivity index (χ1n) is 5.82. The molecule has 2 atom stereocenters. The van der Waals surface area contributed by atoms with E-state index in [-0.39, 0.29) is 5.91 Å². The highest BCUT2D eigenvalue weighted by Gasteiger charge is 2.34. The molecule has 2 heterocycles. The van der Waals surface area contributed by atoms with Crippen LogP contribution in [-0.4, -0.2) is 22.9 Å². The second-order valence-electron chi connectivity index (χ2n) is 4.44. The van der Waals surface area contributed by atoms with Crippen molar-refractivity contribution in [2.75, 3.05) is 0 Å². The lowest BCUT2D eigenvalue weighted by molar-refractivity contribution is 0.0676. The number of hydrogen-bond donors (Lipinski definition) is 0. The van der Waals surface area contributed by atoms with E-state index in [2.05, 4.69) is 50.6 Å². The number of hydrogen-bond acceptors (Lipinski definition) is 2. The van der Waals surface area contributed by atoms with Gasteiger partial charge in [0.05, 0.1) is 13.1 Å². The highest BCUT2D eigenvalue weighted by molar-refractivity contribution is 9.12. The maximum atomic E-state index is 12.5. The van der Waals surface area contributed by atoms with Crippen LogP contribution in [0.25, 0.3) is 0 Å². The average Bonchev–Trinajstić information content (AvgIpc) is 2.80. The molecule has 1 saturated heterocycles. The minimum Gasteiger partial charge on any atom is -0.333 e. The summed E-state index contributed by atoms with van der Waals surface area (Å²) in [4.78, 5) is 14.6. The number of carbonyl (C=O) groups excluding carboxylic acids is 1. The summed E-state index contributed by atoms with van der Waals surface area (Å²) in [5.41, 5.74) is 0.786. The maximum Gasteiger partial charge on any atom is 0.256 e. The Hall–Kier alpha value is 0.130. The minimum atomic E-state index is 0.163. The van der Waals surface area contributed by atoms with E-state index in [1.807, 2.05) is 6.07 Å². The second kappa shape index (κ2) is 5.41. The van der Waals surface area contributed by atoms with Crippen LogP contribution in [0.4, 0.5) is 0 Å². The van der Waals surface area contributed by atoms with Crippen molar-refractivity contribution in [2.45, 2.75) is 45.2 Å². The van der Waals surface area contributed by atoms with E-state index in [0.29, 0.717) is 12.1 Å². The van der Waals surface area contributed by atoms with Gasteiger partial charge in [-0.15, -0.1) is 11.3 Å². The number of amides is 1. The van der Waals surface area contributed by atoms with Crippen LogP contribution >= 0.6 is 43.2 Å². The molecule has 1 aromatic rings. The van der Waals surface area contributed by atoms with Crippen molar-refractivity contribution in [2.24, 2.45) is 0 Å². The van der Waals surface area contributed by atoms with E-state index in [4.69, 9.17) is 0 Å². The van der Waals surface area contributed by atoms with Crippen molar-refractivity contribution in [3.63, 3.8) is 0 Å². The molecule has 0 bridgehead atoms. The first-order valence-corrected chi connectivity index (χ1v) is 8.22. The minimum absolute atomic E-state index is 0.163. The zero-order valence-electron chi connectivity index (χ0n) is 9.87. The summed E-state index contributed by atoms with van der Waals surface area (Å²) in [5.74, 6) is 0.163. The van der Waals surface area contributed by atoms with Crippen LogP contribution in [0.5, 0.6) is 0 Å². The monoisotopic (exact) mass is 379 g/mol. The van der Waals surface area contributed by atoms with E-state index in [1.165, 1.54) is 0 Å². The molecule has 1 aliphatic rings. The van der Waals surface area contributed by atoms with Crippen LogP contribution in [0.1, 0.15) is 43.5 Å². The SMILES string of the molecule is CCC1CCC(C)N1C(=O)c1cc(Br)sc1Br. The molecule has 2 nitrogen and oxygen atoms in total. The molecule has 1 amide bonds. The van der Waals surface area contributed by atoms with Crippen LogP contribution < -0.4 is 0 Å². The summed E-state index contributed by atoms with van der Waals surface area (Å²) in [6.45, 7) is 4.30. The zero-order chi connectivity index (χ0) is 12.6. The molecule has 0 aliphatic carbocycles. The summed E-state index contributed by atoms with van der Waals surface area (Å²) in [5, 5.41) is 0. The predicted molar refractivity (Wildman–Crippen MR) is 78.7 cm³/mol. The van der Waals surface area contributed by atoms with Crippen LogP contribution in [0.2, 0.25) is 0 Å². The first kappa shape index (κ1) is 13.6. The Morgan fingerprint density at radius 1 is 1.53 bits per heavy atom. The van der Waals surface area contributed by atoms with Gasteiger partial charge < -0.3 is 4.90 Å². The Bertz CT molecular complexity index is 432. The predicted octanol–water partition coefficient (Wildman–Crippen LogP) is 4.68. The molecule has 0 aromatic carbocycles. The molecule has 1 fully saturated rings. The van der Waals surface area contributed by atoms with Gasteiger partial charge in [-0.25, -0.2) is 0 Å². The van der Waals surface area contributed by atoms with Gasteiger partial charge in [-0.2, -0.15) is 0 Å². The molecule has 1 aromatic heterocycles. The van der Waals surface area contributed by atoms with E-state index >= 15 is 0 Å². The number of thiophene rings is 1. The Balaban J connectivity index is 2.27. The van der Waals surface area contributed by atoms with Gasteiger partial charge >= 0.3 is 0 Å². The van der Waals surface area contributed by atoms with Crippen LogP contribution in [-0.2, 0) is 0 Å². The van der Waals surface area contributed by atoms with Crippen LogP contribution in [0.3, 0.4) is 0 Å². The number of likely N-dealkylation sites (tertiary alicyclic amines) is 1. The fraction of sp³-hybridized carbons (Fsp3) is 0.583. The highest BCUT2D eigenvalue weighted by Crippen LogP contribution is 2.35. The third-order valence-electron chi connectivity index (χ3n) is 3.38. The third kappa shape index (κ3) is 2.61. The van der Waals surface area contributed by atoms with Gasteiger partial charge in [0.25, 0.3) is 5.91 Å². The molecule has 2 rings (SSSR count). The molecule has 0 N–H and O–H groups in total. The lowest BCUT2D eigenvalue weighted by Crippen LogP contribution is -2.39. The molecule has 2 unspecified atom stereocenters. The maximum absolute atomic E-state index is 12.5. The van der Waals surface area contributed by atoms with Gasteiger partial charge in [-0.05, 0) is 64.1 Å². The third-order valence-corrected chi connectivity index (χ3v) is 5.72. The Morgan fingerprint density at radius 2 is 2.24 bits per heavy atom. The molecule has 0 spiro atoms. The molecule has 1 aliphatic heterocycles. The molecule has 0 saturated carbocycles. The summed E-state index contributed by atoms with van der Waals surface area (Å²) in [6.07, 6.45) is 3.29. The first-order chi connectivity index (χ1) is 8.04. The molecule has 0 radical (unpaired) electrons. The molecule has 94 valence electrons. The Labute approximate surface area is 123 Å². The van der Waals surface area contributed by atoms with Crippen LogP contribution in [0, 0.1) is 0 Å². The quantitative estimate of drug-likeness (QED) is 0.729. The molecule has 5 heteroatoms. The van der Waals surface area contributed by atoms with Gasteiger partial charge in [0.2, 0.25) is 0 Å². The summed E-state index contributed by atoms with van der Waals surface area (Å²) in [7, 11) is 0. The van der Waals surface area contributed by atoms with E-state index in [1.54, 1.807) is 11.3 Å². The molecular weight excluding hydrogens is 366 g/mol. The summed E-state index contributed by atoms with van der Waals surface area (Å²) >= 11 is 8.44. The van der Waals surface area contributed by atoms with Crippen molar-refractivity contribution in [1.29, 1.82) is 0 Å². The van der Waals surface area contributed by atoms with Crippen LogP contribution in [0.15, 0.2) is 13.6 Å². The normalized spacial score (nSPS) is 24.4. The average molecular weight is 381 g/mol. The second-order valence-corrected chi connectivity index (χ2v) is 8.19. The van der Waals surface area contributed by atoms with Gasteiger partial charge in [0.1, 0.15) is 0 Å². The Morgan fingerprint density at radius 3 is 2.76 bits per heavy atom. The van der Waals surface area contributed by atoms with E-state index in [0.717, 1.165) is 32.4 Å². The number of carbonyl (C=O) groups is 1. The molecular formula is C12H15Br2NOS.